The van der Waals surface area contributed by atoms with Crippen molar-refractivity contribution >= 4 is 34.5 Å². The zero-order valence-corrected chi connectivity index (χ0v) is 10.9. The predicted molar refractivity (Wildman–Crippen MR) is 73.4 cm³/mol. The average molecular weight is 275 g/mol. The number of nitrogens with zero attached hydrogens (tertiary/aromatic N) is 2. The fourth-order valence-electron chi connectivity index (χ4n) is 1.65. The van der Waals surface area contributed by atoms with Crippen LogP contribution in [0.2, 0.25) is 0 Å². The highest BCUT2D eigenvalue weighted by Gasteiger charge is 2.04. The smallest absolute Gasteiger partial charge is 0.176 e. The second-order valence-electron chi connectivity index (χ2n) is 3.63. The number of fused-ring (bicyclic) bond motifs is 1. The minimum atomic E-state index is 0.396. The van der Waals surface area contributed by atoms with Crippen molar-refractivity contribution in [2.24, 2.45) is 0 Å². The first-order chi connectivity index (χ1) is 8.83. The van der Waals surface area contributed by atoms with Crippen LogP contribution in [0.3, 0.4) is 0 Å². The van der Waals surface area contributed by atoms with Crippen molar-refractivity contribution in [3.05, 3.63) is 45.5 Å². The molecule has 0 amide bonds. The van der Waals surface area contributed by atoms with Crippen molar-refractivity contribution < 1.29 is 4.74 Å². The van der Waals surface area contributed by atoms with Crippen LogP contribution in [-0.2, 0) is 6.61 Å². The highest BCUT2D eigenvalue weighted by Crippen LogP contribution is 2.23. The molecule has 0 radical (unpaired) electrons. The van der Waals surface area contributed by atoms with Gasteiger partial charge in [-0.1, -0.05) is 29.5 Å². The molecule has 0 aliphatic rings. The molecule has 0 saturated heterocycles. The van der Waals surface area contributed by atoms with Crippen LogP contribution >= 0.6 is 23.6 Å². The van der Waals surface area contributed by atoms with Gasteiger partial charge in [0.25, 0.3) is 0 Å². The summed E-state index contributed by atoms with van der Waals surface area (Å²) in [6.07, 6.45) is 1.76. The minimum absolute atomic E-state index is 0.396. The Morgan fingerprint density at radius 2 is 2.17 bits per heavy atom. The van der Waals surface area contributed by atoms with Crippen molar-refractivity contribution in [2.45, 2.75) is 6.61 Å². The maximum Gasteiger partial charge on any atom is 0.176 e. The Kier molecular flexibility index (Phi) is 3.04. The lowest BCUT2D eigenvalue weighted by molar-refractivity contribution is 0.307. The second kappa shape index (κ2) is 4.83. The maximum absolute atomic E-state index is 5.74. The van der Waals surface area contributed by atoms with Crippen molar-refractivity contribution in [2.75, 3.05) is 0 Å². The number of ether oxygens (including phenoxy) is 1. The molecule has 0 spiro atoms. The lowest BCUT2D eigenvalue weighted by Gasteiger charge is -2.06. The van der Waals surface area contributed by atoms with Gasteiger partial charge in [0.15, 0.2) is 8.96 Å². The molecule has 4 nitrogen and oxygen atoms in total. The topological polar surface area (TPSA) is 50.8 Å². The van der Waals surface area contributed by atoms with Crippen LogP contribution < -0.4 is 4.74 Å². The molecule has 0 aliphatic carbocycles. The fourth-order valence-corrected chi connectivity index (χ4v) is 2.50. The van der Waals surface area contributed by atoms with E-state index in [0.717, 1.165) is 21.7 Å². The quantitative estimate of drug-likeness (QED) is 0.745. The summed E-state index contributed by atoms with van der Waals surface area (Å²) in [5.41, 5.74) is 0.860. The van der Waals surface area contributed by atoms with Gasteiger partial charge in [-0.15, -0.1) is 0 Å². The van der Waals surface area contributed by atoms with Crippen LogP contribution in [-0.4, -0.2) is 15.2 Å². The maximum atomic E-state index is 5.74. The van der Waals surface area contributed by atoms with E-state index in [9.17, 15) is 0 Å². The Morgan fingerprint density at radius 1 is 1.28 bits per heavy atom. The molecule has 1 aromatic carbocycles. The second-order valence-corrected chi connectivity index (χ2v) is 5.38. The van der Waals surface area contributed by atoms with Gasteiger partial charge in [-0.25, -0.2) is 0 Å². The number of hydrogen-bond acceptors (Lipinski definition) is 5. The predicted octanol–water partition coefficient (Wildman–Crippen LogP) is 3.33. The number of aromatic amines is 1. The van der Waals surface area contributed by atoms with E-state index in [2.05, 4.69) is 15.2 Å². The largest absolute Gasteiger partial charge is 0.484 e. The zero-order chi connectivity index (χ0) is 12.4. The summed E-state index contributed by atoms with van der Waals surface area (Å²) in [5.74, 6) is 0.759. The van der Waals surface area contributed by atoms with Gasteiger partial charge in [0.05, 0.1) is 0 Å². The highest BCUT2D eigenvalue weighted by molar-refractivity contribution is 7.73. The molecule has 2 heterocycles. The average Bonchev–Trinajstić information content (AvgIpc) is 2.82. The number of rotatable bonds is 3. The van der Waals surface area contributed by atoms with E-state index in [4.69, 9.17) is 17.0 Å². The molecule has 3 rings (SSSR count). The van der Waals surface area contributed by atoms with E-state index in [-0.39, 0.29) is 0 Å². The van der Waals surface area contributed by atoms with Crippen LogP contribution in [0.1, 0.15) is 5.01 Å². The van der Waals surface area contributed by atoms with E-state index in [0.29, 0.717) is 10.6 Å². The highest BCUT2D eigenvalue weighted by atomic mass is 32.1. The molecule has 0 aliphatic heterocycles. The number of para-hydroxylation sites is 1. The summed E-state index contributed by atoms with van der Waals surface area (Å²) in [4.78, 5) is 4.33. The van der Waals surface area contributed by atoms with E-state index in [1.54, 1.807) is 6.20 Å². The van der Waals surface area contributed by atoms with Crippen molar-refractivity contribution in [1.29, 1.82) is 0 Å². The summed E-state index contributed by atoms with van der Waals surface area (Å²) < 4.78 is 6.39. The molecule has 1 N–H and O–H groups in total. The molecular weight excluding hydrogens is 266 g/mol. The van der Waals surface area contributed by atoms with Gasteiger partial charge in [0.1, 0.15) is 17.9 Å². The van der Waals surface area contributed by atoms with E-state index >= 15 is 0 Å². The van der Waals surface area contributed by atoms with Gasteiger partial charge >= 0.3 is 0 Å². The molecule has 0 unspecified atom stereocenters. The van der Waals surface area contributed by atoms with Crippen LogP contribution in [0.15, 0.2) is 36.5 Å². The lowest BCUT2D eigenvalue weighted by atomic mass is 10.2. The third-order valence-corrected chi connectivity index (χ3v) is 3.49. The molecule has 3 aromatic rings. The SMILES string of the molecule is S=c1[nH]nc(COc2cccc3cccnc23)s1. The summed E-state index contributed by atoms with van der Waals surface area (Å²) in [6.45, 7) is 0.396. The standard InChI is InChI=1S/C12H9N3OS2/c17-12-15-14-10(18-12)7-16-9-5-1-3-8-4-2-6-13-11(8)9/h1-6H,7H2,(H,15,17). The Labute approximate surface area is 112 Å². The summed E-state index contributed by atoms with van der Waals surface area (Å²) >= 11 is 6.39. The van der Waals surface area contributed by atoms with Crippen LogP contribution in [0.4, 0.5) is 0 Å². The molecule has 0 saturated carbocycles. The van der Waals surface area contributed by atoms with Crippen LogP contribution in [0, 0.1) is 3.95 Å². The minimum Gasteiger partial charge on any atom is -0.484 e. The number of H-pyrrole nitrogens is 1. The van der Waals surface area contributed by atoms with Gasteiger partial charge < -0.3 is 4.74 Å². The first kappa shape index (κ1) is 11.3. The zero-order valence-electron chi connectivity index (χ0n) is 9.29. The first-order valence-corrected chi connectivity index (χ1v) is 6.56. The Balaban J connectivity index is 1.88. The molecule has 18 heavy (non-hydrogen) atoms. The summed E-state index contributed by atoms with van der Waals surface area (Å²) in [7, 11) is 0. The fraction of sp³-hybridized carbons (Fsp3) is 0.0833. The number of pyridine rings is 1. The first-order valence-electron chi connectivity index (χ1n) is 5.34. The van der Waals surface area contributed by atoms with E-state index in [1.807, 2.05) is 30.3 Å². The molecule has 2 aromatic heterocycles. The van der Waals surface area contributed by atoms with Crippen molar-refractivity contribution in [3.8, 4) is 5.75 Å². The normalized spacial score (nSPS) is 10.7. The number of benzene rings is 1. The molecule has 6 heteroatoms. The number of aromatic nitrogens is 3. The van der Waals surface area contributed by atoms with Gasteiger partial charge in [0, 0.05) is 11.6 Å². The molecule has 0 fully saturated rings. The Morgan fingerprint density at radius 3 is 3.00 bits per heavy atom. The monoisotopic (exact) mass is 275 g/mol. The molecule has 0 atom stereocenters. The van der Waals surface area contributed by atoms with Crippen molar-refractivity contribution in [1.82, 2.24) is 15.2 Å². The van der Waals surface area contributed by atoms with Gasteiger partial charge in [-0.05, 0) is 24.4 Å². The Hall–Kier alpha value is -1.79. The van der Waals surface area contributed by atoms with Gasteiger partial charge in [-0.3, -0.25) is 10.1 Å². The number of nitrogens with one attached hydrogen (secondary N) is 1. The van der Waals surface area contributed by atoms with E-state index < -0.39 is 0 Å². The van der Waals surface area contributed by atoms with E-state index in [1.165, 1.54) is 11.3 Å². The summed E-state index contributed by atoms with van der Waals surface area (Å²) in [5, 5.41) is 8.67. The molecule has 90 valence electrons. The molecule has 0 bridgehead atoms. The van der Waals surface area contributed by atoms with Gasteiger partial charge in [0.2, 0.25) is 0 Å². The Bertz CT molecular complexity index is 730. The van der Waals surface area contributed by atoms with Crippen molar-refractivity contribution in [3.63, 3.8) is 0 Å². The third kappa shape index (κ3) is 2.25. The van der Waals surface area contributed by atoms with Gasteiger partial charge in [-0.2, -0.15) is 5.10 Å². The third-order valence-electron chi connectivity index (χ3n) is 2.43. The lowest BCUT2D eigenvalue weighted by Crippen LogP contribution is -1.96. The van der Waals surface area contributed by atoms with Crippen LogP contribution in [0.25, 0.3) is 10.9 Å². The summed E-state index contributed by atoms with van der Waals surface area (Å²) in [6, 6.07) is 9.78. The molecular formula is C12H9N3OS2. The van der Waals surface area contributed by atoms with Crippen LogP contribution in [0.5, 0.6) is 5.75 Å². The number of hydrogen-bond donors (Lipinski definition) is 1.